The van der Waals surface area contributed by atoms with Crippen molar-refractivity contribution < 1.29 is 14.3 Å². The van der Waals surface area contributed by atoms with Gasteiger partial charge in [0.15, 0.2) is 6.61 Å². The smallest absolute Gasteiger partial charge is 0.321 e. The molecule has 0 bridgehead atoms. The van der Waals surface area contributed by atoms with Gasteiger partial charge in [0, 0.05) is 24.3 Å². The molecule has 1 aliphatic rings. The normalized spacial score (nSPS) is 12.8. The molecular formula is C20H19N3O3. The molecule has 2 aromatic rings. The summed E-state index contributed by atoms with van der Waals surface area (Å²) in [5, 5.41) is 5.45. The molecule has 2 aromatic carbocycles. The van der Waals surface area contributed by atoms with Gasteiger partial charge < -0.3 is 15.4 Å². The molecule has 6 heteroatoms. The molecule has 6 nitrogen and oxygen atoms in total. The largest absolute Gasteiger partial charge is 0.484 e. The first-order valence-corrected chi connectivity index (χ1v) is 8.31. The Morgan fingerprint density at radius 2 is 1.92 bits per heavy atom. The van der Waals surface area contributed by atoms with E-state index in [1.54, 1.807) is 17.0 Å². The highest BCUT2D eigenvalue weighted by Gasteiger charge is 2.20. The lowest BCUT2D eigenvalue weighted by Crippen LogP contribution is -2.29. The van der Waals surface area contributed by atoms with Crippen LogP contribution in [-0.2, 0) is 4.79 Å². The zero-order valence-electron chi connectivity index (χ0n) is 14.2. The summed E-state index contributed by atoms with van der Waals surface area (Å²) < 4.78 is 5.36. The SMILES string of the molecule is O=C(COc1ccccc1)NCC#Cc1ccc(N2CCNC2=O)cc1. The van der Waals surface area contributed by atoms with E-state index in [1.807, 2.05) is 42.5 Å². The molecule has 3 rings (SSSR count). The first-order chi connectivity index (χ1) is 12.7. The summed E-state index contributed by atoms with van der Waals surface area (Å²) in [7, 11) is 0. The number of carbonyl (C=O) groups excluding carboxylic acids is 2. The van der Waals surface area contributed by atoms with Crippen LogP contribution in [0.25, 0.3) is 0 Å². The van der Waals surface area contributed by atoms with Crippen molar-refractivity contribution >= 4 is 17.6 Å². The predicted octanol–water partition coefficient (Wildman–Crippen LogP) is 1.76. The minimum Gasteiger partial charge on any atom is -0.484 e. The van der Waals surface area contributed by atoms with Crippen LogP contribution in [0.3, 0.4) is 0 Å². The predicted molar refractivity (Wildman–Crippen MR) is 99.0 cm³/mol. The number of hydrogen-bond acceptors (Lipinski definition) is 3. The van der Waals surface area contributed by atoms with Crippen molar-refractivity contribution in [3.8, 4) is 17.6 Å². The van der Waals surface area contributed by atoms with E-state index in [2.05, 4.69) is 22.5 Å². The summed E-state index contributed by atoms with van der Waals surface area (Å²) in [4.78, 5) is 25.0. The fraction of sp³-hybridized carbons (Fsp3) is 0.200. The maximum Gasteiger partial charge on any atom is 0.321 e. The monoisotopic (exact) mass is 349 g/mol. The second kappa shape index (κ2) is 8.58. The summed E-state index contributed by atoms with van der Waals surface area (Å²) in [5.74, 6) is 6.31. The molecule has 0 aliphatic carbocycles. The Morgan fingerprint density at radius 1 is 1.15 bits per heavy atom. The Hall–Kier alpha value is -3.46. The summed E-state index contributed by atoms with van der Waals surface area (Å²) in [5.41, 5.74) is 1.67. The Bertz CT molecular complexity index is 823. The first-order valence-electron chi connectivity index (χ1n) is 8.31. The standard InChI is InChI=1S/C20H19N3O3/c24-19(15-26-18-6-2-1-3-7-18)21-12-4-5-16-8-10-17(11-9-16)23-14-13-22-20(23)25/h1-3,6-11H,12-15H2,(H,21,24)(H,22,25). The van der Waals surface area contributed by atoms with Crippen LogP contribution in [0, 0.1) is 11.8 Å². The van der Waals surface area contributed by atoms with Crippen LogP contribution in [0.1, 0.15) is 5.56 Å². The third kappa shape index (κ3) is 4.77. The van der Waals surface area contributed by atoms with Gasteiger partial charge in [0.25, 0.3) is 5.91 Å². The fourth-order valence-corrected chi connectivity index (χ4v) is 2.45. The quantitative estimate of drug-likeness (QED) is 0.808. The van der Waals surface area contributed by atoms with E-state index < -0.39 is 0 Å². The topological polar surface area (TPSA) is 70.7 Å². The van der Waals surface area contributed by atoms with Crippen molar-refractivity contribution in [1.29, 1.82) is 0 Å². The average molecular weight is 349 g/mol. The van der Waals surface area contributed by atoms with Crippen molar-refractivity contribution in [1.82, 2.24) is 10.6 Å². The van der Waals surface area contributed by atoms with Crippen molar-refractivity contribution in [2.75, 3.05) is 31.1 Å². The van der Waals surface area contributed by atoms with E-state index in [4.69, 9.17) is 4.74 Å². The lowest BCUT2D eigenvalue weighted by molar-refractivity contribution is -0.122. The van der Waals surface area contributed by atoms with Gasteiger partial charge in [0.05, 0.1) is 6.54 Å². The molecule has 0 radical (unpaired) electrons. The van der Waals surface area contributed by atoms with Gasteiger partial charge in [-0.15, -0.1) is 0 Å². The van der Waals surface area contributed by atoms with Crippen LogP contribution in [0.15, 0.2) is 54.6 Å². The number of anilines is 1. The number of hydrogen-bond donors (Lipinski definition) is 2. The van der Waals surface area contributed by atoms with E-state index in [9.17, 15) is 9.59 Å². The lowest BCUT2D eigenvalue weighted by Gasteiger charge is -2.13. The minimum atomic E-state index is -0.224. The summed E-state index contributed by atoms with van der Waals surface area (Å²) in [6.07, 6.45) is 0. The molecule has 0 atom stereocenters. The van der Waals surface area contributed by atoms with E-state index >= 15 is 0 Å². The minimum absolute atomic E-state index is 0.0434. The third-order valence-electron chi connectivity index (χ3n) is 3.76. The van der Waals surface area contributed by atoms with Gasteiger partial charge in [-0.1, -0.05) is 30.0 Å². The zero-order valence-corrected chi connectivity index (χ0v) is 14.2. The molecule has 0 saturated carbocycles. The zero-order chi connectivity index (χ0) is 18.2. The maximum absolute atomic E-state index is 11.7. The molecule has 2 N–H and O–H groups in total. The molecule has 26 heavy (non-hydrogen) atoms. The Morgan fingerprint density at radius 3 is 2.62 bits per heavy atom. The van der Waals surface area contributed by atoms with Crippen LogP contribution in [0.5, 0.6) is 5.75 Å². The first kappa shape index (κ1) is 17.4. The third-order valence-corrected chi connectivity index (χ3v) is 3.76. The van der Waals surface area contributed by atoms with Crippen molar-refractivity contribution in [3.63, 3.8) is 0 Å². The summed E-state index contributed by atoms with van der Waals surface area (Å²) in [6, 6.07) is 16.5. The van der Waals surface area contributed by atoms with Crippen LogP contribution >= 0.6 is 0 Å². The van der Waals surface area contributed by atoms with Gasteiger partial charge in [-0.05, 0) is 36.4 Å². The van der Waals surface area contributed by atoms with Crippen LogP contribution in [0.4, 0.5) is 10.5 Å². The van der Waals surface area contributed by atoms with Gasteiger partial charge in [0.2, 0.25) is 0 Å². The number of nitrogens with one attached hydrogen (secondary N) is 2. The molecule has 3 amide bonds. The highest BCUT2D eigenvalue weighted by Crippen LogP contribution is 2.16. The number of benzene rings is 2. The molecule has 0 unspecified atom stereocenters. The second-order valence-corrected chi connectivity index (χ2v) is 5.61. The van der Waals surface area contributed by atoms with Crippen LogP contribution < -0.4 is 20.3 Å². The molecule has 1 aliphatic heterocycles. The molecule has 1 saturated heterocycles. The van der Waals surface area contributed by atoms with Gasteiger partial charge in [-0.3, -0.25) is 9.69 Å². The maximum atomic E-state index is 11.7. The van der Waals surface area contributed by atoms with E-state index in [0.717, 1.165) is 11.3 Å². The number of amides is 3. The number of nitrogens with zero attached hydrogens (tertiary/aromatic N) is 1. The number of urea groups is 1. The number of ether oxygens (including phenoxy) is 1. The number of para-hydroxylation sites is 1. The molecule has 1 fully saturated rings. The average Bonchev–Trinajstić information content (AvgIpc) is 3.11. The van der Waals surface area contributed by atoms with Gasteiger partial charge in [-0.25, -0.2) is 4.79 Å². The summed E-state index contributed by atoms with van der Waals surface area (Å²) >= 11 is 0. The highest BCUT2D eigenvalue weighted by atomic mass is 16.5. The Labute approximate surface area is 152 Å². The molecule has 0 aromatic heterocycles. The lowest BCUT2D eigenvalue weighted by atomic mass is 10.2. The van der Waals surface area contributed by atoms with Crippen LogP contribution in [-0.4, -0.2) is 38.2 Å². The Kier molecular flexibility index (Phi) is 5.73. The number of carbonyl (C=O) groups is 2. The van der Waals surface area contributed by atoms with Gasteiger partial charge >= 0.3 is 6.03 Å². The number of rotatable bonds is 5. The Balaban J connectivity index is 1.43. The molecule has 0 spiro atoms. The van der Waals surface area contributed by atoms with Crippen molar-refractivity contribution in [3.05, 3.63) is 60.2 Å². The van der Waals surface area contributed by atoms with Gasteiger partial charge in [-0.2, -0.15) is 0 Å². The van der Waals surface area contributed by atoms with Crippen molar-refractivity contribution in [2.45, 2.75) is 0 Å². The highest BCUT2D eigenvalue weighted by molar-refractivity contribution is 5.94. The van der Waals surface area contributed by atoms with E-state index in [1.165, 1.54) is 0 Å². The summed E-state index contributed by atoms with van der Waals surface area (Å²) in [6.45, 7) is 1.53. The van der Waals surface area contributed by atoms with Gasteiger partial charge in [0.1, 0.15) is 5.75 Å². The molecule has 132 valence electrons. The van der Waals surface area contributed by atoms with Crippen molar-refractivity contribution in [2.24, 2.45) is 0 Å². The second-order valence-electron chi connectivity index (χ2n) is 5.61. The molecular weight excluding hydrogens is 330 g/mol. The molecule has 1 heterocycles. The van der Waals surface area contributed by atoms with Crippen LogP contribution in [0.2, 0.25) is 0 Å². The van der Waals surface area contributed by atoms with E-state index in [0.29, 0.717) is 18.8 Å². The van der Waals surface area contributed by atoms with E-state index in [-0.39, 0.29) is 25.1 Å². The fourth-order valence-electron chi connectivity index (χ4n) is 2.45.